The third-order valence-corrected chi connectivity index (χ3v) is 4.34. The highest BCUT2D eigenvalue weighted by Crippen LogP contribution is 2.24. The first-order valence-corrected chi connectivity index (χ1v) is 7.98. The minimum Gasteiger partial charge on any atom is -0.383 e. The molecule has 1 aliphatic rings. The number of ketones is 1. The Hall–Kier alpha value is -2.36. The molecule has 120 valence electrons. The molecule has 1 aliphatic carbocycles. The maximum absolute atomic E-state index is 12.5. The molecule has 0 atom stereocenters. The molecule has 0 aliphatic heterocycles. The lowest BCUT2D eigenvalue weighted by Crippen LogP contribution is -2.16. The van der Waals surface area contributed by atoms with Gasteiger partial charge in [0.25, 0.3) is 0 Å². The molecule has 0 fully saturated rings. The van der Waals surface area contributed by atoms with Gasteiger partial charge in [0.15, 0.2) is 0 Å². The molecule has 0 saturated heterocycles. The largest absolute Gasteiger partial charge is 0.383 e. The van der Waals surface area contributed by atoms with Crippen LogP contribution in [0.5, 0.6) is 0 Å². The van der Waals surface area contributed by atoms with Gasteiger partial charge in [-0.2, -0.15) is 5.10 Å². The van der Waals surface area contributed by atoms with E-state index in [1.807, 2.05) is 36.1 Å². The summed E-state index contributed by atoms with van der Waals surface area (Å²) in [5.41, 5.74) is 6.32. The second-order valence-corrected chi connectivity index (χ2v) is 6.57. The molecule has 0 saturated carbocycles. The lowest BCUT2D eigenvalue weighted by molar-refractivity contribution is 0.101. The quantitative estimate of drug-likeness (QED) is 0.818. The van der Waals surface area contributed by atoms with Crippen LogP contribution in [0.25, 0.3) is 0 Å². The first-order chi connectivity index (χ1) is 10.9. The van der Waals surface area contributed by atoms with Crippen LogP contribution in [0.4, 0.5) is 0 Å². The van der Waals surface area contributed by atoms with Crippen molar-refractivity contribution < 1.29 is 4.79 Å². The maximum Gasteiger partial charge on any atom is 0.210 e. The molecule has 0 unspecified atom stereocenters. The normalized spacial score (nSPS) is 15.8. The average molecular weight is 309 g/mol. The molecule has 0 spiro atoms. The minimum atomic E-state index is 0.0683. The van der Waals surface area contributed by atoms with E-state index in [0.29, 0.717) is 12.2 Å². The second-order valence-electron chi connectivity index (χ2n) is 6.57. The van der Waals surface area contributed by atoms with Crippen molar-refractivity contribution in [2.45, 2.75) is 33.2 Å². The van der Waals surface area contributed by atoms with Gasteiger partial charge in [-0.1, -0.05) is 18.2 Å². The summed E-state index contributed by atoms with van der Waals surface area (Å²) in [6.07, 6.45) is 5.61. The summed E-state index contributed by atoms with van der Waals surface area (Å²) in [5, 5.41) is 4.54. The van der Waals surface area contributed by atoms with E-state index in [0.717, 1.165) is 24.0 Å². The molecule has 4 nitrogen and oxygen atoms in total. The number of Topliss-reactive ketones (excluding diaryl/α,β-unsaturated/α-hetero) is 1. The third-order valence-electron chi connectivity index (χ3n) is 4.34. The molecule has 0 radical (unpaired) electrons. The number of carbonyl (C=O) groups excluding carboxylic acids is 1. The summed E-state index contributed by atoms with van der Waals surface area (Å²) in [7, 11) is 3.88. The van der Waals surface area contributed by atoms with Gasteiger partial charge in [0.2, 0.25) is 5.78 Å². The molecule has 1 aromatic heterocycles. The molecule has 2 aromatic rings. The van der Waals surface area contributed by atoms with Gasteiger partial charge in [-0.25, -0.2) is 0 Å². The van der Waals surface area contributed by atoms with Gasteiger partial charge in [-0.05, 0) is 43.4 Å². The van der Waals surface area contributed by atoms with Crippen molar-refractivity contribution in [1.82, 2.24) is 14.7 Å². The van der Waals surface area contributed by atoms with Crippen molar-refractivity contribution >= 4 is 5.78 Å². The highest BCUT2D eigenvalue weighted by Gasteiger charge is 2.25. The first-order valence-electron chi connectivity index (χ1n) is 7.98. The van der Waals surface area contributed by atoms with E-state index in [1.54, 1.807) is 0 Å². The summed E-state index contributed by atoms with van der Waals surface area (Å²) >= 11 is 0. The van der Waals surface area contributed by atoms with Crippen molar-refractivity contribution in [3.05, 3.63) is 64.1 Å². The Balaban J connectivity index is 1.85. The van der Waals surface area contributed by atoms with Gasteiger partial charge < -0.3 is 4.90 Å². The number of hydrogen-bond acceptors (Lipinski definition) is 3. The van der Waals surface area contributed by atoms with Crippen LogP contribution in [0.15, 0.2) is 36.2 Å². The first kappa shape index (κ1) is 15.5. The Morgan fingerprint density at radius 1 is 1.22 bits per heavy atom. The highest BCUT2D eigenvalue weighted by atomic mass is 16.1. The fourth-order valence-corrected chi connectivity index (χ4v) is 2.98. The van der Waals surface area contributed by atoms with E-state index in [1.165, 1.54) is 16.7 Å². The van der Waals surface area contributed by atoms with Crippen molar-refractivity contribution in [2.75, 3.05) is 14.1 Å². The van der Waals surface area contributed by atoms with Gasteiger partial charge in [-0.3, -0.25) is 9.48 Å². The van der Waals surface area contributed by atoms with Gasteiger partial charge >= 0.3 is 0 Å². The number of benzene rings is 1. The number of hydrogen-bond donors (Lipinski definition) is 0. The van der Waals surface area contributed by atoms with Gasteiger partial charge in [0.1, 0.15) is 5.69 Å². The fraction of sp³-hybridized carbons (Fsp3) is 0.368. The Labute approximate surface area is 137 Å². The van der Waals surface area contributed by atoms with Crippen LogP contribution in [-0.4, -0.2) is 34.6 Å². The molecule has 0 N–H and O–H groups in total. The molecule has 1 heterocycles. The van der Waals surface area contributed by atoms with Gasteiger partial charge in [-0.15, -0.1) is 0 Å². The van der Waals surface area contributed by atoms with Crippen LogP contribution in [0.3, 0.4) is 0 Å². The van der Waals surface area contributed by atoms with E-state index in [9.17, 15) is 4.79 Å². The summed E-state index contributed by atoms with van der Waals surface area (Å²) < 4.78 is 1.89. The number of aromatic nitrogens is 2. The number of rotatable bonds is 3. The fourth-order valence-electron chi connectivity index (χ4n) is 2.98. The number of nitrogens with zero attached hydrogens (tertiary/aromatic N) is 3. The summed E-state index contributed by atoms with van der Waals surface area (Å²) in [5.74, 6) is 0.0683. The van der Waals surface area contributed by atoms with Crippen LogP contribution in [0, 0.1) is 13.8 Å². The van der Waals surface area contributed by atoms with Gasteiger partial charge in [0.05, 0.1) is 6.54 Å². The maximum atomic E-state index is 12.5. The summed E-state index contributed by atoms with van der Waals surface area (Å²) in [6.45, 7) is 4.94. The minimum absolute atomic E-state index is 0.0683. The Morgan fingerprint density at radius 2 is 2.00 bits per heavy atom. The SMILES string of the molecule is Cc1ccc(Cn2cc3c(n2)C(=O)C(=CN(C)C)CC3)cc1C. The zero-order valence-electron chi connectivity index (χ0n) is 14.3. The van der Waals surface area contributed by atoms with Crippen molar-refractivity contribution in [3.63, 3.8) is 0 Å². The smallest absolute Gasteiger partial charge is 0.210 e. The predicted molar refractivity (Wildman–Crippen MR) is 91.7 cm³/mol. The lowest BCUT2D eigenvalue weighted by Gasteiger charge is -2.14. The molecule has 4 heteroatoms. The number of carbonyl (C=O) groups is 1. The van der Waals surface area contributed by atoms with Gasteiger partial charge in [0, 0.05) is 37.6 Å². The molecule has 0 bridgehead atoms. The zero-order chi connectivity index (χ0) is 16.6. The van der Waals surface area contributed by atoms with Crippen LogP contribution in [0.2, 0.25) is 0 Å². The molecular weight excluding hydrogens is 286 g/mol. The standard InChI is InChI=1S/C19H23N3O/c1-13-5-6-15(9-14(13)2)10-22-12-16-7-8-17(11-21(3)4)19(23)18(16)20-22/h5-6,9,11-12H,7-8,10H2,1-4H3. The van der Waals surface area contributed by atoms with Crippen molar-refractivity contribution in [1.29, 1.82) is 0 Å². The lowest BCUT2D eigenvalue weighted by atomic mass is 9.92. The topological polar surface area (TPSA) is 38.1 Å². The van der Waals surface area contributed by atoms with E-state index in [-0.39, 0.29) is 5.78 Å². The predicted octanol–water partition coefficient (Wildman–Crippen LogP) is 3.12. The Morgan fingerprint density at radius 3 is 2.70 bits per heavy atom. The zero-order valence-corrected chi connectivity index (χ0v) is 14.3. The van der Waals surface area contributed by atoms with E-state index in [2.05, 4.69) is 37.1 Å². The third kappa shape index (κ3) is 3.21. The van der Waals surface area contributed by atoms with Crippen LogP contribution in [0.1, 0.15) is 39.2 Å². The van der Waals surface area contributed by atoms with E-state index in [4.69, 9.17) is 0 Å². The molecular formula is C19H23N3O. The highest BCUT2D eigenvalue weighted by molar-refractivity contribution is 6.09. The van der Waals surface area contributed by atoms with E-state index < -0.39 is 0 Å². The van der Waals surface area contributed by atoms with Crippen molar-refractivity contribution in [3.8, 4) is 0 Å². The number of fused-ring (bicyclic) bond motifs is 1. The van der Waals surface area contributed by atoms with Crippen LogP contribution >= 0.6 is 0 Å². The molecule has 23 heavy (non-hydrogen) atoms. The van der Waals surface area contributed by atoms with Crippen molar-refractivity contribution in [2.24, 2.45) is 0 Å². The average Bonchev–Trinajstić information content (AvgIpc) is 2.89. The van der Waals surface area contributed by atoms with E-state index >= 15 is 0 Å². The molecule has 1 aromatic carbocycles. The summed E-state index contributed by atoms with van der Waals surface area (Å²) in [4.78, 5) is 14.5. The summed E-state index contributed by atoms with van der Waals surface area (Å²) in [6, 6.07) is 6.45. The van der Waals surface area contributed by atoms with Crippen LogP contribution < -0.4 is 0 Å². The monoisotopic (exact) mass is 309 g/mol. The second kappa shape index (κ2) is 6.03. The number of allylic oxidation sites excluding steroid dienone is 1. The molecule has 3 rings (SSSR count). The Bertz CT molecular complexity index is 784. The number of aryl methyl sites for hydroxylation is 3. The van der Waals surface area contributed by atoms with Crippen LogP contribution in [-0.2, 0) is 13.0 Å². The Kier molecular flexibility index (Phi) is 4.07. The molecule has 0 amide bonds.